The summed E-state index contributed by atoms with van der Waals surface area (Å²) in [4.78, 5) is 23.5. The molecule has 6 nitrogen and oxygen atoms in total. The lowest BCUT2D eigenvalue weighted by Gasteiger charge is -2.03. The second-order valence-corrected chi connectivity index (χ2v) is 7.51. The molecule has 26 heavy (non-hydrogen) atoms. The summed E-state index contributed by atoms with van der Waals surface area (Å²) >= 11 is 7.90. The Morgan fingerprint density at radius 1 is 1.23 bits per heavy atom. The van der Waals surface area contributed by atoms with E-state index in [2.05, 4.69) is 25.1 Å². The first-order valence-electron chi connectivity index (χ1n) is 8.24. The molecule has 0 bridgehead atoms. The van der Waals surface area contributed by atoms with Crippen LogP contribution in [-0.4, -0.2) is 25.6 Å². The van der Waals surface area contributed by atoms with E-state index in [1.54, 1.807) is 12.4 Å². The van der Waals surface area contributed by atoms with Crippen molar-refractivity contribution in [2.75, 3.05) is 0 Å². The fourth-order valence-corrected chi connectivity index (χ4v) is 3.91. The Hall–Kier alpha value is -2.38. The largest absolute Gasteiger partial charge is 0.346 e. The van der Waals surface area contributed by atoms with Crippen LogP contribution in [0.1, 0.15) is 29.1 Å². The number of nitrogens with zero attached hydrogens (tertiary/aromatic N) is 5. The molecule has 4 rings (SSSR count). The normalized spacial score (nSPS) is 14.5. The number of hydrogen-bond acceptors (Lipinski definition) is 7. The van der Waals surface area contributed by atoms with Crippen LogP contribution in [0.25, 0.3) is 10.6 Å². The number of rotatable bonds is 5. The number of halogens is 1. The average molecular weight is 386 g/mol. The van der Waals surface area contributed by atoms with E-state index in [-0.39, 0.29) is 6.01 Å². The first-order chi connectivity index (χ1) is 12.6. The van der Waals surface area contributed by atoms with Crippen molar-refractivity contribution in [3.05, 3.63) is 52.0 Å². The van der Waals surface area contributed by atoms with Gasteiger partial charge in [0, 0.05) is 35.3 Å². The molecule has 8 heteroatoms. The quantitative estimate of drug-likeness (QED) is 0.479. The molecule has 1 saturated carbocycles. The highest BCUT2D eigenvalue weighted by Gasteiger charge is 2.33. The van der Waals surface area contributed by atoms with Crippen LogP contribution in [0.5, 0.6) is 6.01 Å². The van der Waals surface area contributed by atoms with E-state index in [4.69, 9.17) is 16.4 Å². The second-order valence-electron chi connectivity index (χ2n) is 6.16. The Kier molecular flexibility index (Phi) is 4.65. The van der Waals surface area contributed by atoms with Crippen LogP contribution in [0.3, 0.4) is 0 Å². The maximum absolute atomic E-state index is 6.40. The molecular weight excluding hydrogens is 370 g/mol. The summed E-state index contributed by atoms with van der Waals surface area (Å²) in [5.41, 5.74) is 3.42. The highest BCUT2D eigenvalue weighted by molar-refractivity contribution is 7.17. The van der Waals surface area contributed by atoms with E-state index in [1.165, 1.54) is 11.3 Å². The Morgan fingerprint density at radius 3 is 2.65 bits per heavy atom. The number of oxime groups is 1. The number of pyridine rings is 1. The molecule has 0 amide bonds. The topological polar surface area (TPSA) is 73.2 Å². The number of thiazole rings is 1. The fourth-order valence-electron chi connectivity index (χ4n) is 2.55. The number of aryl methyl sites for hydroxylation is 2. The van der Waals surface area contributed by atoms with Crippen LogP contribution in [0.4, 0.5) is 0 Å². The molecule has 0 unspecified atom stereocenters. The molecule has 0 spiro atoms. The Bertz CT molecular complexity index is 949. The van der Waals surface area contributed by atoms with E-state index in [0.717, 1.165) is 45.4 Å². The van der Waals surface area contributed by atoms with Gasteiger partial charge in [-0.25, -0.2) is 4.98 Å². The summed E-state index contributed by atoms with van der Waals surface area (Å²) in [5.74, 6) is 0.334. The van der Waals surface area contributed by atoms with E-state index in [0.29, 0.717) is 11.1 Å². The van der Waals surface area contributed by atoms with Gasteiger partial charge in [-0.2, -0.15) is 9.97 Å². The highest BCUT2D eigenvalue weighted by Crippen LogP contribution is 2.39. The van der Waals surface area contributed by atoms with Gasteiger partial charge < -0.3 is 4.84 Å². The molecule has 1 aliphatic rings. The summed E-state index contributed by atoms with van der Waals surface area (Å²) in [6.45, 7) is 3.79. The Labute approximate surface area is 160 Å². The SMILES string of the molecule is Cc1cc(C)nc(ON=C(c2sc(-c3cccnc3)nc2Cl)C2CC2)n1. The van der Waals surface area contributed by atoms with E-state index >= 15 is 0 Å². The minimum atomic E-state index is 0.244. The highest BCUT2D eigenvalue weighted by atomic mass is 35.5. The zero-order valence-corrected chi connectivity index (χ0v) is 15.9. The summed E-state index contributed by atoms with van der Waals surface area (Å²) < 4.78 is 0. The predicted molar refractivity (Wildman–Crippen MR) is 102 cm³/mol. The van der Waals surface area contributed by atoms with Crippen molar-refractivity contribution in [1.82, 2.24) is 19.9 Å². The molecule has 0 N–H and O–H groups in total. The molecule has 1 aliphatic carbocycles. The Morgan fingerprint density at radius 2 is 2.00 bits per heavy atom. The zero-order valence-electron chi connectivity index (χ0n) is 14.3. The summed E-state index contributed by atoms with van der Waals surface area (Å²) in [5, 5.41) is 5.59. The van der Waals surface area contributed by atoms with Gasteiger partial charge in [0.1, 0.15) is 15.9 Å². The van der Waals surface area contributed by atoms with Crippen LogP contribution < -0.4 is 4.84 Å². The Balaban J connectivity index is 1.66. The van der Waals surface area contributed by atoms with Crippen LogP contribution in [0.2, 0.25) is 5.15 Å². The second kappa shape index (κ2) is 7.09. The summed E-state index contributed by atoms with van der Waals surface area (Å²) in [6.07, 6.45) is 5.62. The molecule has 0 radical (unpaired) electrons. The van der Waals surface area contributed by atoms with Crippen LogP contribution in [0.15, 0.2) is 35.7 Å². The van der Waals surface area contributed by atoms with Crippen molar-refractivity contribution < 1.29 is 4.84 Å². The lowest BCUT2D eigenvalue weighted by atomic mass is 10.2. The van der Waals surface area contributed by atoms with Crippen molar-refractivity contribution in [2.45, 2.75) is 26.7 Å². The first-order valence-corrected chi connectivity index (χ1v) is 9.44. The summed E-state index contributed by atoms with van der Waals surface area (Å²) in [7, 11) is 0. The maximum atomic E-state index is 6.40. The van der Waals surface area contributed by atoms with Crippen LogP contribution in [0, 0.1) is 19.8 Å². The standard InChI is InChI=1S/C18H16ClN5OS/c1-10-8-11(2)22-18(21-10)25-24-14(12-5-6-12)15-16(19)23-17(26-15)13-4-3-7-20-9-13/h3-4,7-9,12H,5-6H2,1-2H3. The lowest BCUT2D eigenvalue weighted by molar-refractivity contribution is 0.310. The maximum Gasteiger partial charge on any atom is 0.346 e. The van der Waals surface area contributed by atoms with Gasteiger partial charge in [-0.1, -0.05) is 16.8 Å². The smallest absolute Gasteiger partial charge is 0.315 e. The number of hydrogen-bond donors (Lipinski definition) is 0. The van der Waals surface area contributed by atoms with Crippen molar-refractivity contribution in [1.29, 1.82) is 0 Å². The van der Waals surface area contributed by atoms with Gasteiger partial charge in [0.25, 0.3) is 0 Å². The lowest BCUT2D eigenvalue weighted by Crippen LogP contribution is -2.06. The molecule has 0 aromatic carbocycles. The van der Waals surface area contributed by atoms with E-state index in [1.807, 2.05) is 32.0 Å². The van der Waals surface area contributed by atoms with Crippen molar-refractivity contribution in [2.24, 2.45) is 11.1 Å². The molecule has 3 aromatic heterocycles. The van der Waals surface area contributed by atoms with E-state index < -0.39 is 0 Å². The van der Waals surface area contributed by atoms with Crippen molar-refractivity contribution in [3.63, 3.8) is 0 Å². The average Bonchev–Trinajstić information content (AvgIpc) is 3.38. The van der Waals surface area contributed by atoms with Crippen molar-refractivity contribution in [3.8, 4) is 16.6 Å². The molecule has 3 aromatic rings. The van der Waals surface area contributed by atoms with Gasteiger partial charge in [0.2, 0.25) is 0 Å². The monoisotopic (exact) mass is 385 g/mol. The van der Waals surface area contributed by atoms with Crippen LogP contribution >= 0.6 is 22.9 Å². The van der Waals surface area contributed by atoms with Gasteiger partial charge in [-0.05, 0) is 44.9 Å². The molecule has 0 atom stereocenters. The van der Waals surface area contributed by atoms with Gasteiger partial charge in [-0.15, -0.1) is 11.3 Å². The fraction of sp³-hybridized carbons (Fsp3) is 0.278. The number of aromatic nitrogens is 4. The third-order valence-electron chi connectivity index (χ3n) is 3.88. The molecular formula is C18H16ClN5OS. The molecule has 132 valence electrons. The minimum absolute atomic E-state index is 0.244. The zero-order chi connectivity index (χ0) is 18.1. The third kappa shape index (κ3) is 3.73. The van der Waals surface area contributed by atoms with Gasteiger partial charge in [-0.3, -0.25) is 4.98 Å². The molecule has 0 saturated heterocycles. The van der Waals surface area contributed by atoms with E-state index in [9.17, 15) is 0 Å². The molecule has 1 fully saturated rings. The van der Waals surface area contributed by atoms with Gasteiger partial charge in [0.05, 0.1) is 4.88 Å². The first kappa shape index (κ1) is 17.1. The molecule has 3 heterocycles. The molecule has 0 aliphatic heterocycles. The van der Waals surface area contributed by atoms with Crippen molar-refractivity contribution >= 4 is 28.6 Å². The summed E-state index contributed by atoms with van der Waals surface area (Å²) in [6, 6.07) is 5.97. The van der Waals surface area contributed by atoms with Gasteiger partial charge in [0.15, 0.2) is 0 Å². The third-order valence-corrected chi connectivity index (χ3v) is 5.39. The van der Waals surface area contributed by atoms with Gasteiger partial charge >= 0.3 is 6.01 Å². The van der Waals surface area contributed by atoms with Crippen LogP contribution in [-0.2, 0) is 0 Å². The predicted octanol–water partition coefficient (Wildman–Crippen LogP) is 4.46. The minimum Gasteiger partial charge on any atom is -0.315 e.